The van der Waals surface area contributed by atoms with Gasteiger partial charge in [0.1, 0.15) is 11.6 Å². The van der Waals surface area contributed by atoms with Gasteiger partial charge in [0.25, 0.3) is 0 Å². The van der Waals surface area contributed by atoms with Crippen LogP contribution in [0.15, 0.2) is 60.9 Å². The zero-order valence-electron chi connectivity index (χ0n) is 25.5. The molecule has 5 heterocycles. The zero-order valence-corrected chi connectivity index (χ0v) is 25.5. The van der Waals surface area contributed by atoms with Crippen molar-refractivity contribution in [2.75, 3.05) is 6.54 Å². The number of amides is 2. The fourth-order valence-electron chi connectivity index (χ4n) is 7.26. The molecule has 9 heteroatoms. The van der Waals surface area contributed by atoms with E-state index in [1.165, 1.54) is 0 Å². The predicted molar refractivity (Wildman–Crippen MR) is 170 cm³/mol. The number of aromatic amines is 2. The van der Waals surface area contributed by atoms with Gasteiger partial charge >= 0.3 is 0 Å². The van der Waals surface area contributed by atoms with E-state index < -0.39 is 6.04 Å². The Morgan fingerprint density at radius 2 is 1.36 bits per heavy atom. The highest BCUT2D eigenvalue weighted by Crippen LogP contribution is 2.40. The van der Waals surface area contributed by atoms with Crippen LogP contribution in [0.4, 0.5) is 0 Å². The maximum Gasteiger partial charge on any atom is 0.240 e. The van der Waals surface area contributed by atoms with Crippen molar-refractivity contribution >= 4 is 11.8 Å². The van der Waals surface area contributed by atoms with Gasteiger partial charge < -0.3 is 25.5 Å². The molecule has 0 aliphatic carbocycles. The average Bonchev–Trinajstić information content (AvgIpc) is 3.84. The zero-order chi connectivity index (χ0) is 30.4. The third-order valence-corrected chi connectivity index (χ3v) is 9.59. The van der Waals surface area contributed by atoms with E-state index in [1.807, 2.05) is 22.2 Å². The van der Waals surface area contributed by atoms with Gasteiger partial charge in [-0.15, -0.1) is 0 Å². The number of imidazole rings is 2. The van der Waals surface area contributed by atoms with Crippen molar-refractivity contribution < 1.29 is 9.59 Å². The van der Waals surface area contributed by atoms with Crippen LogP contribution in [-0.2, 0) is 9.59 Å². The number of benzene rings is 2. The molecule has 4 N–H and O–H groups in total. The number of aromatic nitrogens is 4. The van der Waals surface area contributed by atoms with E-state index in [0.29, 0.717) is 12.3 Å². The fourth-order valence-corrected chi connectivity index (χ4v) is 7.26. The van der Waals surface area contributed by atoms with E-state index in [2.05, 4.69) is 82.3 Å². The number of hydrogen-bond acceptors (Lipinski definition) is 5. The van der Waals surface area contributed by atoms with Gasteiger partial charge in [-0.25, -0.2) is 9.97 Å². The van der Waals surface area contributed by atoms with Crippen LogP contribution in [0, 0.1) is 5.92 Å². The lowest BCUT2D eigenvalue weighted by Crippen LogP contribution is -2.51. The molecule has 4 unspecified atom stereocenters. The predicted octanol–water partition coefficient (Wildman–Crippen LogP) is 6.00. The van der Waals surface area contributed by atoms with Gasteiger partial charge in [0.05, 0.1) is 41.9 Å². The van der Waals surface area contributed by atoms with Gasteiger partial charge in [-0.05, 0) is 66.7 Å². The Kier molecular flexibility index (Phi) is 7.58. The summed E-state index contributed by atoms with van der Waals surface area (Å²) < 4.78 is 0. The van der Waals surface area contributed by atoms with Crippen LogP contribution in [0.25, 0.3) is 33.6 Å². The molecule has 44 heavy (non-hydrogen) atoms. The smallest absolute Gasteiger partial charge is 0.240 e. The summed E-state index contributed by atoms with van der Waals surface area (Å²) in [6, 6.07) is 16.8. The maximum atomic E-state index is 12.8. The van der Waals surface area contributed by atoms with Crippen molar-refractivity contribution in [2.24, 2.45) is 11.7 Å². The number of rotatable bonds is 7. The highest BCUT2D eigenvalue weighted by Gasteiger charge is 2.43. The second-order valence-electron chi connectivity index (χ2n) is 13.0. The number of fused-ring (bicyclic) bond motifs is 1. The maximum absolute atomic E-state index is 12.8. The first-order chi connectivity index (χ1) is 21.4. The Morgan fingerprint density at radius 1 is 0.818 bits per heavy atom. The quantitative estimate of drug-likeness (QED) is 0.243. The first-order valence-corrected chi connectivity index (χ1v) is 16.0. The second-order valence-corrected chi connectivity index (χ2v) is 13.0. The molecule has 0 saturated carbocycles. The first-order valence-electron chi connectivity index (χ1n) is 16.0. The summed E-state index contributed by atoms with van der Waals surface area (Å²) >= 11 is 0. The molecule has 4 aromatic rings. The Bertz CT molecular complexity index is 1640. The lowest BCUT2D eigenvalue weighted by atomic mass is 9.99. The van der Waals surface area contributed by atoms with Gasteiger partial charge in [0.2, 0.25) is 11.8 Å². The molecular weight excluding hydrogens is 550 g/mol. The van der Waals surface area contributed by atoms with Gasteiger partial charge in [-0.2, -0.15) is 0 Å². The van der Waals surface area contributed by atoms with Crippen LogP contribution in [-0.4, -0.2) is 60.2 Å². The Morgan fingerprint density at radius 3 is 1.95 bits per heavy atom. The van der Waals surface area contributed by atoms with E-state index in [0.717, 1.165) is 90.4 Å². The molecule has 2 aromatic heterocycles. The van der Waals surface area contributed by atoms with E-state index in [-0.39, 0.29) is 29.9 Å². The van der Waals surface area contributed by atoms with Crippen molar-refractivity contribution in [3.63, 3.8) is 0 Å². The van der Waals surface area contributed by atoms with Gasteiger partial charge in [0.15, 0.2) is 0 Å². The normalized spacial score (nSPS) is 23.5. The molecule has 4 atom stereocenters. The molecule has 3 fully saturated rings. The largest absolute Gasteiger partial charge is 0.340 e. The van der Waals surface area contributed by atoms with Crippen molar-refractivity contribution in [1.29, 1.82) is 0 Å². The summed E-state index contributed by atoms with van der Waals surface area (Å²) in [6.45, 7) is 4.97. The molecule has 2 amide bonds. The molecule has 3 saturated heterocycles. The van der Waals surface area contributed by atoms with Crippen LogP contribution >= 0.6 is 0 Å². The number of likely N-dealkylation sites (tertiary alicyclic amines) is 1. The van der Waals surface area contributed by atoms with Gasteiger partial charge in [-0.1, -0.05) is 62.4 Å². The van der Waals surface area contributed by atoms with E-state index in [4.69, 9.17) is 5.73 Å². The number of carbonyl (C=O) groups is 2. The molecule has 2 aromatic carbocycles. The molecule has 7 rings (SSSR count). The number of nitrogens with two attached hydrogens (primary N) is 1. The SMILES string of the molecule is CC(C)CC(=O)N1CCCC1c1ncc(-c2ccc(-c3ccc(-c4cnc(C5CCC6CCC(N)C(=O)N65)[nH]4)cc3)cc2)[nH]1. The Balaban J connectivity index is 1.02. The number of carbonyl (C=O) groups excluding carboxylic acids is 2. The number of H-pyrrole nitrogens is 2. The van der Waals surface area contributed by atoms with Crippen molar-refractivity contribution in [3.8, 4) is 33.6 Å². The molecule has 0 bridgehead atoms. The van der Waals surface area contributed by atoms with Crippen molar-refractivity contribution in [2.45, 2.75) is 83.0 Å². The van der Waals surface area contributed by atoms with Crippen LogP contribution in [0.1, 0.15) is 82.5 Å². The summed E-state index contributed by atoms with van der Waals surface area (Å²) in [7, 11) is 0. The van der Waals surface area contributed by atoms with Crippen LogP contribution < -0.4 is 5.73 Å². The molecular formula is C35H41N7O2. The van der Waals surface area contributed by atoms with Gasteiger partial charge in [0, 0.05) is 19.0 Å². The molecule has 0 radical (unpaired) electrons. The fraction of sp³-hybridized carbons (Fsp3) is 0.429. The topological polar surface area (TPSA) is 124 Å². The van der Waals surface area contributed by atoms with E-state index in [1.54, 1.807) is 0 Å². The molecule has 228 valence electrons. The van der Waals surface area contributed by atoms with Gasteiger partial charge in [-0.3, -0.25) is 9.59 Å². The molecule has 3 aliphatic heterocycles. The molecule has 0 spiro atoms. The summed E-state index contributed by atoms with van der Waals surface area (Å²) in [6.07, 6.45) is 9.95. The molecule has 9 nitrogen and oxygen atoms in total. The number of piperidine rings is 1. The lowest BCUT2D eigenvalue weighted by Gasteiger charge is -2.36. The third kappa shape index (κ3) is 5.34. The minimum Gasteiger partial charge on any atom is -0.340 e. The van der Waals surface area contributed by atoms with Crippen LogP contribution in [0.5, 0.6) is 0 Å². The van der Waals surface area contributed by atoms with E-state index in [9.17, 15) is 9.59 Å². The average molecular weight is 592 g/mol. The third-order valence-electron chi connectivity index (χ3n) is 9.59. The summed E-state index contributed by atoms with van der Waals surface area (Å²) in [5.74, 6) is 2.33. The van der Waals surface area contributed by atoms with Crippen molar-refractivity contribution in [3.05, 3.63) is 72.6 Å². The summed E-state index contributed by atoms with van der Waals surface area (Å²) in [5, 5.41) is 0. The van der Waals surface area contributed by atoms with E-state index >= 15 is 0 Å². The minimum absolute atomic E-state index is 0.0270. The lowest BCUT2D eigenvalue weighted by molar-refractivity contribution is -0.138. The summed E-state index contributed by atoms with van der Waals surface area (Å²) in [4.78, 5) is 45.9. The first kappa shape index (κ1) is 28.5. The number of nitrogens with one attached hydrogen (secondary N) is 2. The second kappa shape index (κ2) is 11.7. The minimum atomic E-state index is -0.394. The Labute approximate surface area is 258 Å². The summed E-state index contributed by atoms with van der Waals surface area (Å²) in [5.41, 5.74) is 12.4. The molecule has 3 aliphatic rings. The highest BCUT2D eigenvalue weighted by atomic mass is 16.2. The monoisotopic (exact) mass is 591 g/mol. The van der Waals surface area contributed by atoms with Crippen molar-refractivity contribution in [1.82, 2.24) is 29.7 Å². The number of hydrogen-bond donors (Lipinski definition) is 3. The van der Waals surface area contributed by atoms with Crippen LogP contribution in [0.2, 0.25) is 0 Å². The Hall–Kier alpha value is -4.24. The van der Waals surface area contributed by atoms with Crippen LogP contribution in [0.3, 0.4) is 0 Å². The number of nitrogens with zero attached hydrogens (tertiary/aromatic N) is 4. The highest BCUT2D eigenvalue weighted by molar-refractivity contribution is 5.83. The standard InChI is InChI=1S/C35H41N7O2/c1-21(2)18-32(43)41-17-3-4-30(41)33-37-19-28(39-33)24-9-5-22(6-10-24)23-7-11-25(12-8-23)29-20-38-34(40-29)31-16-14-26-13-15-27(36)35(44)42(26)31/h5-12,19-21,26-27,30-31H,3-4,13-18,36H2,1-2H3,(H,37,39)(H,38,40).